The third-order valence-electron chi connectivity index (χ3n) is 1.48. The molecule has 0 spiro atoms. The van der Waals surface area contributed by atoms with Gasteiger partial charge in [-0.05, 0) is 0 Å². The SMILES string of the molecule is C=C[SiH2]CC.C[O][Sn]([CH3])([CH3])[O]C. The molecule has 0 rings (SSSR count). The van der Waals surface area contributed by atoms with Crippen LogP contribution in [0.5, 0.6) is 0 Å². The molecule has 0 aromatic rings. The molecule has 0 amide bonds. The van der Waals surface area contributed by atoms with Gasteiger partial charge < -0.3 is 0 Å². The van der Waals surface area contributed by atoms with Crippen LogP contribution in [-0.4, -0.2) is 42.9 Å². The predicted molar refractivity (Wildman–Crippen MR) is 60.7 cm³/mol. The summed E-state index contributed by atoms with van der Waals surface area (Å²) in [5.74, 6) is 0. The summed E-state index contributed by atoms with van der Waals surface area (Å²) in [6, 6.07) is 1.36. The van der Waals surface area contributed by atoms with Gasteiger partial charge in [0, 0.05) is 9.52 Å². The van der Waals surface area contributed by atoms with Gasteiger partial charge in [-0.15, -0.1) is 12.3 Å². The van der Waals surface area contributed by atoms with Crippen LogP contribution in [0.4, 0.5) is 0 Å². The summed E-state index contributed by atoms with van der Waals surface area (Å²) in [7, 11) is 3.61. The Morgan fingerprint density at radius 3 is 1.75 bits per heavy atom. The first kappa shape index (κ1) is 15.2. The maximum absolute atomic E-state index is 5.07. The second-order valence-electron chi connectivity index (χ2n) is 2.89. The van der Waals surface area contributed by atoms with Gasteiger partial charge in [-0.25, -0.2) is 0 Å². The van der Waals surface area contributed by atoms with E-state index < -0.39 is 19.2 Å². The Balaban J connectivity index is 0. The van der Waals surface area contributed by atoms with E-state index >= 15 is 0 Å². The molecule has 4 heteroatoms. The molecule has 0 saturated carbocycles. The maximum atomic E-state index is 5.07. The standard InChI is InChI=1S/C4H10Si.2CH3O.2CH3.Sn/c1-3-5-4-2;2*1-2;;;/h3H,1,4-5H2,2H3;2*1H3;2*1H3;/q;2*-1;;;+2. The van der Waals surface area contributed by atoms with Gasteiger partial charge in [0.1, 0.15) is 0 Å². The van der Waals surface area contributed by atoms with E-state index in [1.165, 1.54) is 6.04 Å². The van der Waals surface area contributed by atoms with Crippen molar-refractivity contribution in [3.05, 3.63) is 12.3 Å². The summed E-state index contributed by atoms with van der Waals surface area (Å²) in [6.45, 7) is 5.81. The molecule has 0 bridgehead atoms. The fraction of sp³-hybridized carbons (Fsp3) is 0.750. The van der Waals surface area contributed by atoms with Crippen LogP contribution in [0.25, 0.3) is 0 Å². The van der Waals surface area contributed by atoms with E-state index in [2.05, 4.69) is 29.1 Å². The van der Waals surface area contributed by atoms with Crippen LogP contribution in [0.2, 0.25) is 15.9 Å². The number of hydrogen-bond donors (Lipinski definition) is 0. The van der Waals surface area contributed by atoms with Crippen molar-refractivity contribution in [2.75, 3.05) is 14.2 Å². The van der Waals surface area contributed by atoms with E-state index in [4.69, 9.17) is 6.15 Å². The van der Waals surface area contributed by atoms with Gasteiger partial charge >= 0.3 is 49.5 Å². The van der Waals surface area contributed by atoms with Crippen molar-refractivity contribution in [2.24, 2.45) is 0 Å². The molecule has 0 aromatic heterocycles. The van der Waals surface area contributed by atoms with Crippen molar-refractivity contribution in [3.63, 3.8) is 0 Å². The number of hydrogen-bond acceptors (Lipinski definition) is 2. The molecule has 0 aliphatic rings. The van der Waals surface area contributed by atoms with E-state index in [0.29, 0.717) is 0 Å². The van der Waals surface area contributed by atoms with Crippen molar-refractivity contribution in [2.45, 2.75) is 22.8 Å². The summed E-state index contributed by atoms with van der Waals surface area (Å²) < 4.78 is 10.1. The summed E-state index contributed by atoms with van der Waals surface area (Å²) in [4.78, 5) is 4.13. The Bertz CT molecular complexity index is 101. The van der Waals surface area contributed by atoms with Crippen LogP contribution in [-0.2, 0) is 6.15 Å². The Hall–Kier alpha value is 0.676. The minimum absolute atomic E-state index is 0.196. The topological polar surface area (TPSA) is 18.5 Å². The molecule has 0 radical (unpaired) electrons. The van der Waals surface area contributed by atoms with Gasteiger partial charge in [0.15, 0.2) is 0 Å². The molecule has 0 aliphatic heterocycles. The Morgan fingerprint density at radius 1 is 1.33 bits per heavy atom. The van der Waals surface area contributed by atoms with Crippen LogP contribution >= 0.6 is 0 Å². The van der Waals surface area contributed by atoms with Gasteiger partial charge in [0.05, 0.1) is 0 Å². The quantitative estimate of drug-likeness (QED) is 0.736. The van der Waals surface area contributed by atoms with E-state index in [9.17, 15) is 0 Å². The van der Waals surface area contributed by atoms with Crippen LogP contribution < -0.4 is 0 Å². The fourth-order valence-corrected chi connectivity index (χ4v) is 1.17. The number of rotatable bonds is 4. The second kappa shape index (κ2) is 9.76. The summed E-state index contributed by atoms with van der Waals surface area (Å²) in [5.41, 5.74) is 2.07. The first-order valence-electron chi connectivity index (χ1n) is 4.25. The molecule has 0 aliphatic carbocycles. The van der Waals surface area contributed by atoms with Crippen LogP contribution in [0.3, 0.4) is 0 Å². The Labute approximate surface area is 84.1 Å². The zero-order valence-corrected chi connectivity index (χ0v) is 13.3. The molecular weight excluding hydrogens is 275 g/mol. The van der Waals surface area contributed by atoms with E-state index in [1.807, 2.05) is 0 Å². The summed E-state index contributed by atoms with van der Waals surface area (Å²) >= 11 is -2.28. The average molecular weight is 297 g/mol. The molecule has 74 valence electrons. The Kier molecular flexibility index (Phi) is 12.3. The van der Waals surface area contributed by atoms with Gasteiger partial charge in [0.2, 0.25) is 0 Å². The van der Waals surface area contributed by atoms with Gasteiger partial charge in [-0.1, -0.05) is 13.0 Å². The molecule has 0 aromatic carbocycles. The molecule has 0 N–H and O–H groups in total. The van der Waals surface area contributed by atoms with Gasteiger partial charge in [0.25, 0.3) is 0 Å². The first-order chi connectivity index (χ1) is 5.54. The zero-order chi connectivity index (χ0) is 10.0. The zero-order valence-electron chi connectivity index (χ0n) is 9.02. The monoisotopic (exact) mass is 298 g/mol. The molecule has 0 heterocycles. The van der Waals surface area contributed by atoms with Crippen molar-refractivity contribution in [1.29, 1.82) is 0 Å². The molecule has 0 atom stereocenters. The van der Waals surface area contributed by atoms with Crippen molar-refractivity contribution >= 4 is 28.7 Å². The molecule has 12 heavy (non-hydrogen) atoms. The van der Waals surface area contributed by atoms with Gasteiger partial charge in [-0.3, -0.25) is 0 Å². The molecule has 0 saturated heterocycles. The third-order valence-corrected chi connectivity index (χ3v) is 8.07. The van der Waals surface area contributed by atoms with E-state index in [0.717, 1.165) is 0 Å². The van der Waals surface area contributed by atoms with Crippen molar-refractivity contribution in [1.82, 2.24) is 0 Å². The van der Waals surface area contributed by atoms with Crippen molar-refractivity contribution < 1.29 is 6.15 Å². The van der Waals surface area contributed by atoms with E-state index in [-0.39, 0.29) is 9.52 Å². The minimum atomic E-state index is -2.28. The second-order valence-corrected chi connectivity index (χ2v) is 15.4. The average Bonchev–Trinajstić information content (AvgIpc) is 2.07. The van der Waals surface area contributed by atoms with E-state index in [1.54, 1.807) is 14.2 Å². The fourth-order valence-electron chi connectivity index (χ4n) is 0.287. The molecule has 2 nitrogen and oxygen atoms in total. The molecular formula is C8H22O2SiSn. The first-order valence-corrected chi connectivity index (χ1v) is 14.1. The third kappa shape index (κ3) is 13.3. The predicted octanol–water partition coefficient (Wildman–Crippen LogP) is 1.72. The van der Waals surface area contributed by atoms with Crippen LogP contribution in [0.1, 0.15) is 6.92 Å². The summed E-state index contributed by atoms with van der Waals surface area (Å²) in [5, 5.41) is 0. The molecule has 0 unspecified atom stereocenters. The van der Waals surface area contributed by atoms with Gasteiger partial charge in [-0.2, -0.15) is 0 Å². The Morgan fingerprint density at radius 2 is 1.75 bits per heavy atom. The molecule has 0 fully saturated rings. The van der Waals surface area contributed by atoms with Crippen LogP contribution in [0.15, 0.2) is 12.3 Å². The summed E-state index contributed by atoms with van der Waals surface area (Å²) in [6.07, 6.45) is 0. The normalized spacial score (nSPS) is 11.1. The van der Waals surface area contributed by atoms with Crippen LogP contribution in [0, 0.1) is 0 Å². The van der Waals surface area contributed by atoms with Crippen molar-refractivity contribution in [3.8, 4) is 0 Å².